The SMILES string of the molecule is CC(C)NCC1(COc2cccc3ccccc23)CCCO1. The van der Waals surface area contributed by atoms with Gasteiger partial charge in [-0.05, 0) is 24.3 Å². The Hall–Kier alpha value is -1.58. The van der Waals surface area contributed by atoms with Crippen molar-refractivity contribution < 1.29 is 9.47 Å². The minimum atomic E-state index is -0.193. The lowest BCUT2D eigenvalue weighted by molar-refractivity contribution is -0.0299. The number of ether oxygens (including phenoxy) is 2. The second kappa shape index (κ2) is 6.67. The molecule has 1 N–H and O–H groups in total. The van der Waals surface area contributed by atoms with E-state index in [-0.39, 0.29) is 5.60 Å². The fraction of sp³-hybridized carbons (Fsp3) is 0.474. The predicted molar refractivity (Wildman–Crippen MR) is 90.5 cm³/mol. The van der Waals surface area contributed by atoms with E-state index in [1.165, 1.54) is 5.39 Å². The Morgan fingerprint density at radius 2 is 2.00 bits per heavy atom. The monoisotopic (exact) mass is 299 g/mol. The molecule has 0 bridgehead atoms. The Morgan fingerprint density at radius 3 is 2.77 bits per heavy atom. The minimum absolute atomic E-state index is 0.193. The zero-order valence-electron chi connectivity index (χ0n) is 13.5. The predicted octanol–water partition coefficient (Wildman–Crippen LogP) is 3.77. The molecular weight excluding hydrogens is 274 g/mol. The Bertz CT molecular complexity index is 612. The lowest BCUT2D eigenvalue weighted by atomic mass is 10.0. The molecule has 118 valence electrons. The Balaban J connectivity index is 1.74. The van der Waals surface area contributed by atoms with Crippen LogP contribution >= 0.6 is 0 Å². The van der Waals surface area contributed by atoms with Crippen molar-refractivity contribution in [3.63, 3.8) is 0 Å². The minimum Gasteiger partial charge on any atom is -0.490 e. The van der Waals surface area contributed by atoms with Crippen molar-refractivity contribution in [2.75, 3.05) is 19.8 Å². The molecule has 3 nitrogen and oxygen atoms in total. The van der Waals surface area contributed by atoms with Crippen molar-refractivity contribution in [2.45, 2.75) is 38.3 Å². The van der Waals surface area contributed by atoms with E-state index < -0.39 is 0 Å². The van der Waals surface area contributed by atoms with E-state index in [1.807, 2.05) is 12.1 Å². The van der Waals surface area contributed by atoms with Crippen LogP contribution in [0.4, 0.5) is 0 Å². The highest BCUT2D eigenvalue weighted by molar-refractivity contribution is 5.88. The van der Waals surface area contributed by atoms with Crippen molar-refractivity contribution >= 4 is 10.8 Å². The quantitative estimate of drug-likeness (QED) is 0.881. The van der Waals surface area contributed by atoms with Gasteiger partial charge in [0.25, 0.3) is 0 Å². The van der Waals surface area contributed by atoms with E-state index in [2.05, 4.69) is 49.5 Å². The maximum absolute atomic E-state index is 6.17. The zero-order chi connectivity index (χ0) is 15.4. The Labute approximate surface area is 132 Å². The second-order valence-electron chi connectivity index (χ2n) is 6.44. The van der Waals surface area contributed by atoms with Crippen molar-refractivity contribution in [1.82, 2.24) is 5.32 Å². The average Bonchev–Trinajstić information content (AvgIpc) is 3.00. The summed E-state index contributed by atoms with van der Waals surface area (Å²) in [5.41, 5.74) is -0.193. The second-order valence-corrected chi connectivity index (χ2v) is 6.44. The maximum atomic E-state index is 6.17. The molecule has 0 aliphatic carbocycles. The van der Waals surface area contributed by atoms with E-state index in [1.54, 1.807) is 0 Å². The standard InChI is InChI=1S/C19H25NO2/c1-15(2)20-13-19(11-6-12-22-19)14-21-18-10-5-8-16-7-3-4-9-17(16)18/h3-5,7-10,15,20H,6,11-14H2,1-2H3. The van der Waals surface area contributed by atoms with Gasteiger partial charge in [0.1, 0.15) is 18.0 Å². The maximum Gasteiger partial charge on any atom is 0.127 e. The van der Waals surface area contributed by atoms with Crippen molar-refractivity contribution in [3.8, 4) is 5.75 Å². The van der Waals surface area contributed by atoms with Crippen molar-refractivity contribution in [3.05, 3.63) is 42.5 Å². The molecule has 1 aliphatic rings. The van der Waals surface area contributed by atoms with Gasteiger partial charge in [-0.15, -0.1) is 0 Å². The fourth-order valence-corrected chi connectivity index (χ4v) is 2.98. The van der Waals surface area contributed by atoms with Gasteiger partial charge in [0.05, 0.1) is 0 Å². The molecule has 1 fully saturated rings. The third kappa shape index (κ3) is 3.42. The third-order valence-electron chi connectivity index (χ3n) is 4.26. The number of fused-ring (bicyclic) bond motifs is 1. The molecule has 22 heavy (non-hydrogen) atoms. The third-order valence-corrected chi connectivity index (χ3v) is 4.26. The molecule has 2 aromatic rings. The normalized spacial score (nSPS) is 21.6. The van der Waals surface area contributed by atoms with Gasteiger partial charge in [-0.3, -0.25) is 0 Å². The van der Waals surface area contributed by atoms with Crippen LogP contribution in [0.1, 0.15) is 26.7 Å². The molecule has 3 heteroatoms. The van der Waals surface area contributed by atoms with Gasteiger partial charge in [0.2, 0.25) is 0 Å². The Morgan fingerprint density at radius 1 is 1.18 bits per heavy atom. The number of hydrogen-bond acceptors (Lipinski definition) is 3. The van der Waals surface area contributed by atoms with Crippen LogP contribution in [0.2, 0.25) is 0 Å². The molecule has 1 atom stereocenters. The molecule has 1 saturated heterocycles. The molecule has 1 unspecified atom stereocenters. The smallest absolute Gasteiger partial charge is 0.127 e. The highest BCUT2D eigenvalue weighted by atomic mass is 16.5. The van der Waals surface area contributed by atoms with Gasteiger partial charge in [-0.25, -0.2) is 0 Å². The van der Waals surface area contributed by atoms with Crippen LogP contribution in [0.3, 0.4) is 0 Å². The summed E-state index contributed by atoms with van der Waals surface area (Å²) < 4.78 is 12.2. The van der Waals surface area contributed by atoms with Crippen LogP contribution in [-0.4, -0.2) is 31.4 Å². The largest absolute Gasteiger partial charge is 0.490 e. The van der Waals surface area contributed by atoms with Gasteiger partial charge in [-0.1, -0.05) is 50.2 Å². The van der Waals surface area contributed by atoms with Crippen LogP contribution < -0.4 is 10.1 Å². The summed E-state index contributed by atoms with van der Waals surface area (Å²) >= 11 is 0. The van der Waals surface area contributed by atoms with E-state index in [4.69, 9.17) is 9.47 Å². The summed E-state index contributed by atoms with van der Waals surface area (Å²) in [5, 5.41) is 5.87. The van der Waals surface area contributed by atoms with Gasteiger partial charge >= 0.3 is 0 Å². The highest BCUT2D eigenvalue weighted by Gasteiger charge is 2.36. The van der Waals surface area contributed by atoms with Crippen LogP contribution in [-0.2, 0) is 4.74 Å². The molecule has 1 heterocycles. The molecule has 1 aliphatic heterocycles. The highest BCUT2D eigenvalue weighted by Crippen LogP contribution is 2.30. The first kappa shape index (κ1) is 15.3. The summed E-state index contributed by atoms with van der Waals surface area (Å²) in [6.07, 6.45) is 2.16. The molecular formula is C19H25NO2. The molecule has 0 amide bonds. The summed E-state index contributed by atoms with van der Waals surface area (Å²) in [4.78, 5) is 0. The van der Waals surface area contributed by atoms with Gasteiger partial charge < -0.3 is 14.8 Å². The molecule has 0 aromatic heterocycles. The van der Waals surface area contributed by atoms with E-state index in [0.717, 1.165) is 37.1 Å². The van der Waals surface area contributed by atoms with Gasteiger partial charge in [0, 0.05) is 24.6 Å². The first-order valence-electron chi connectivity index (χ1n) is 8.16. The number of nitrogens with one attached hydrogen (secondary N) is 1. The van der Waals surface area contributed by atoms with Crippen LogP contribution in [0.5, 0.6) is 5.75 Å². The topological polar surface area (TPSA) is 30.5 Å². The van der Waals surface area contributed by atoms with Crippen LogP contribution in [0.15, 0.2) is 42.5 Å². The van der Waals surface area contributed by atoms with Crippen molar-refractivity contribution in [2.24, 2.45) is 0 Å². The Kier molecular flexibility index (Phi) is 4.65. The van der Waals surface area contributed by atoms with Gasteiger partial charge in [0.15, 0.2) is 0 Å². The number of rotatable bonds is 6. The zero-order valence-corrected chi connectivity index (χ0v) is 13.5. The summed E-state index contributed by atoms with van der Waals surface area (Å²) in [6.45, 7) is 6.59. The number of benzene rings is 2. The van der Waals surface area contributed by atoms with E-state index >= 15 is 0 Å². The lowest BCUT2D eigenvalue weighted by Crippen LogP contribution is -2.46. The molecule has 2 aromatic carbocycles. The van der Waals surface area contributed by atoms with Crippen LogP contribution in [0, 0.1) is 0 Å². The fourth-order valence-electron chi connectivity index (χ4n) is 2.98. The van der Waals surface area contributed by atoms with Crippen LogP contribution in [0.25, 0.3) is 10.8 Å². The first-order chi connectivity index (χ1) is 10.7. The summed E-state index contributed by atoms with van der Waals surface area (Å²) in [6, 6.07) is 15.0. The average molecular weight is 299 g/mol. The summed E-state index contributed by atoms with van der Waals surface area (Å²) in [7, 11) is 0. The number of hydrogen-bond donors (Lipinski definition) is 1. The molecule has 0 radical (unpaired) electrons. The molecule has 0 spiro atoms. The van der Waals surface area contributed by atoms with Crippen molar-refractivity contribution in [1.29, 1.82) is 0 Å². The lowest BCUT2D eigenvalue weighted by Gasteiger charge is -2.29. The molecule has 0 saturated carbocycles. The van der Waals surface area contributed by atoms with E-state index in [9.17, 15) is 0 Å². The van der Waals surface area contributed by atoms with E-state index in [0.29, 0.717) is 12.6 Å². The van der Waals surface area contributed by atoms with Gasteiger partial charge in [-0.2, -0.15) is 0 Å². The first-order valence-corrected chi connectivity index (χ1v) is 8.16. The summed E-state index contributed by atoms with van der Waals surface area (Å²) in [5.74, 6) is 0.942. The molecule has 3 rings (SSSR count).